The fraction of sp³-hybridized carbons (Fsp3) is 0.333. The van der Waals surface area contributed by atoms with Crippen molar-refractivity contribution in [3.8, 4) is 0 Å². The van der Waals surface area contributed by atoms with E-state index in [0.29, 0.717) is 23.4 Å². The van der Waals surface area contributed by atoms with Crippen molar-refractivity contribution in [1.82, 2.24) is 4.72 Å². The minimum absolute atomic E-state index is 0.380. The number of fused-ring (bicyclic) bond motifs is 1. The molecule has 0 heterocycles. The van der Waals surface area contributed by atoms with Crippen LogP contribution in [0.25, 0.3) is 0 Å². The zero-order chi connectivity index (χ0) is 11.0. The van der Waals surface area contributed by atoms with Gasteiger partial charge < -0.3 is 0 Å². The summed E-state index contributed by atoms with van der Waals surface area (Å²) in [6, 6.07) is 2.36. The maximum atomic E-state index is 13.5. The van der Waals surface area contributed by atoms with Gasteiger partial charge in [0.1, 0.15) is 5.82 Å². The molecular formula is C9H9ClFNO2S. The molecule has 0 saturated heterocycles. The first-order chi connectivity index (χ1) is 7.09. The highest BCUT2D eigenvalue weighted by atomic mass is 35.5. The van der Waals surface area contributed by atoms with E-state index in [-0.39, 0.29) is 5.82 Å². The standard InChI is InChI=1S/C9H9ClFNO2S/c10-6-2-3-7(11)9-5(6)1-4-8(9)12-15(13)14/h2-3,8,12H,1,4H2,(H,13,14). The van der Waals surface area contributed by atoms with Crippen LogP contribution < -0.4 is 4.72 Å². The largest absolute Gasteiger partial charge is 0.294 e. The number of rotatable bonds is 2. The monoisotopic (exact) mass is 249 g/mol. The topological polar surface area (TPSA) is 49.3 Å². The third-order valence-corrected chi connectivity index (χ3v) is 3.36. The number of benzene rings is 1. The Bertz CT molecular complexity index is 427. The molecular weight excluding hydrogens is 241 g/mol. The highest BCUT2D eigenvalue weighted by molar-refractivity contribution is 7.77. The van der Waals surface area contributed by atoms with Gasteiger partial charge in [0.25, 0.3) is 0 Å². The van der Waals surface area contributed by atoms with Gasteiger partial charge in [0.2, 0.25) is 11.3 Å². The summed E-state index contributed by atoms with van der Waals surface area (Å²) in [7, 11) is 0. The molecule has 0 aromatic heterocycles. The number of hydrogen-bond acceptors (Lipinski definition) is 1. The molecule has 2 rings (SSSR count). The van der Waals surface area contributed by atoms with Gasteiger partial charge in [-0.2, -0.15) is 0 Å². The summed E-state index contributed by atoms with van der Waals surface area (Å²) < 4.78 is 35.2. The Hall–Kier alpha value is -0.490. The van der Waals surface area contributed by atoms with Crippen LogP contribution in [-0.4, -0.2) is 8.76 Å². The van der Waals surface area contributed by atoms with Crippen LogP contribution in [0.3, 0.4) is 0 Å². The maximum Gasteiger partial charge on any atom is 0.232 e. The van der Waals surface area contributed by atoms with Crippen LogP contribution in [-0.2, 0) is 17.7 Å². The maximum absolute atomic E-state index is 13.5. The van der Waals surface area contributed by atoms with E-state index < -0.39 is 17.3 Å². The average molecular weight is 250 g/mol. The highest BCUT2D eigenvalue weighted by Crippen LogP contribution is 2.37. The predicted molar refractivity (Wildman–Crippen MR) is 56.4 cm³/mol. The molecule has 0 saturated carbocycles. The van der Waals surface area contributed by atoms with Crippen molar-refractivity contribution in [3.63, 3.8) is 0 Å². The van der Waals surface area contributed by atoms with Crippen molar-refractivity contribution in [1.29, 1.82) is 0 Å². The Kier molecular flexibility index (Phi) is 3.06. The van der Waals surface area contributed by atoms with Crippen LogP contribution in [0.1, 0.15) is 23.6 Å². The lowest BCUT2D eigenvalue weighted by molar-refractivity contribution is 0.516. The van der Waals surface area contributed by atoms with Crippen molar-refractivity contribution in [3.05, 3.63) is 34.1 Å². The van der Waals surface area contributed by atoms with Crippen LogP contribution in [0.15, 0.2) is 12.1 Å². The summed E-state index contributed by atoms with van der Waals surface area (Å²) in [6.07, 6.45) is 1.21. The molecule has 1 aliphatic carbocycles. The predicted octanol–water partition coefficient (Wildman–Crippen LogP) is 2.19. The first-order valence-electron chi connectivity index (χ1n) is 4.43. The van der Waals surface area contributed by atoms with E-state index in [9.17, 15) is 8.60 Å². The summed E-state index contributed by atoms with van der Waals surface area (Å²) in [5, 5.41) is 0.513. The molecule has 0 radical (unpaired) electrons. The summed E-state index contributed by atoms with van der Waals surface area (Å²) >= 11 is 3.77. The zero-order valence-corrected chi connectivity index (χ0v) is 9.24. The van der Waals surface area contributed by atoms with Crippen LogP contribution in [0.4, 0.5) is 4.39 Å². The smallest absolute Gasteiger partial charge is 0.232 e. The minimum Gasteiger partial charge on any atom is -0.294 e. The van der Waals surface area contributed by atoms with E-state index in [1.165, 1.54) is 12.1 Å². The van der Waals surface area contributed by atoms with Gasteiger partial charge >= 0.3 is 0 Å². The van der Waals surface area contributed by atoms with E-state index in [1.54, 1.807) is 0 Å². The molecule has 15 heavy (non-hydrogen) atoms. The molecule has 3 nitrogen and oxygen atoms in total. The molecule has 0 spiro atoms. The van der Waals surface area contributed by atoms with Gasteiger partial charge in [0.05, 0.1) is 6.04 Å². The fourth-order valence-electron chi connectivity index (χ4n) is 1.91. The summed E-state index contributed by atoms with van der Waals surface area (Å²) in [4.78, 5) is 0. The quantitative estimate of drug-likeness (QED) is 0.790. The molecule has 1 aromatic carbocycles. The molecule has 0 bridgehead atoms. The molecule has 1 aromatic rings. The summed E-state index contributed by atoms with van der Waals surface area (Å²) in [6.45, 7) is 0. The summed E-state index contributed by atoms with van der Waals surface area (Å²) in [5.74, 6) is -0.380. The molecule has 2 atom stereocenters. The van der Waals surface area contributed by atoms with Crippen molar-refractivity contribution >= 4 is 22.9 Å². The Balaban J connectivity index is 2.41. The Morgan fingerprint density at radius 2 is 2.33 bits per heavy atom. The van der Waals surface area contributed by atoms with Gasteiger partial charge in [-0.1, -0.05) is 11.6 Å². The van der Waals surface area contributed by atoms with E-state index in [4.69, 9.17) is 16.2 Å². The van der Waals surface area contributed by atoms with E-state index in [0.717, 1.165) is 5.56 Å². The van der Waals surface area contributed by atoms with Gasteiger partial charge in [0.15, 0.2) is 0 Å². The van der Waals surface area contributed by atoms with Crippen LogP contribution in [0.2, 0.25) is 5.02 Å². The number of hydrogen-bond donors (Lipinski definition) is 2. The second kappa shape index (κ2) is 4.17. The zero-order valence-electron chi connectivity index (χ0n) is 7.67. The molecule has 0 amide bonds. The molecule has 0 aliphatic heterocycles. The average Bonchev–Trinajstić information content (AvgIpc) is 2.56. The fourth-order valence-corrected chi connectivity index (χ4v) is 2.65. The Labute approximate surface area is 94.1 Å². The third-order valence-electron chi connectivity index (χ3n) is 2.52. The Morgan fingerprint density at radius 3 is 3.00 bits per heavy atom. The van der Waals surface area contributed by atoms with Gasteiger partial charge in [-0.25, -0.2) is 13.3 Å². The van der Waals surface area contributed by atoms with E-state index in [2.05, 4.69) is 4.72 Å². The van der Waals surface area contributed by atoms with E-state index in [1.807, 2.05) is 0 Å². The van der Waals surface area contributed by atoms with Crippen molar-refractivity contribution < 1.29 is 13.2 Å². The molecule has 1 aliphatic rings. The van der Waals surface area contributed by atoms with Gasteiger partial charge in [-0.15, -0.1) is 0 Å². The molecule has 2 unspecified atom stereocenters. The van der Waals surface area contributed by atoms with E-state index >= 15 is 0 Å². The van der Waals surface area contributed by atoms with Crippen LogP contribution >= 0.6 is 11.6 Å². The minimum atomic E-state index is -2.14. The lowest BCUT2D eigenvalue weighted by Crippen LogP contribution is -2.21. The highest BCUT2D eigenvalue weighted by Gasteiger charge is 2.28. The van der Waals surface area contributed by atoms with Crippen molar-refractivity contribution in [2.24, 2.45) is 0 Å². The summed E-state index contributed by atoms with van der Waals surface area (Å²) in [5.41, 5.74) is 1.16. The normalized spacial score (nSPS) is 21.4. The molecule has 82 valence electrons. The molecule has 2 N–H and O–H groups in total. The third kappa shape index (κ3) is 2.06. The SMILES string of the molecule is O=S(O)NC1CCc2c(Cl)ccc(F)c21. The van der Waals surface area contributed by atoms with Crippen LogP contribution in [0, 0.1) is 5.82 Å². The number of nitrogens with one attached hydrogen (secondary N) is 1. The van der Waals surface area contributed by atoms with Crippen molar-refractivity contribution in [2.75, 3.05) is 0 Å². The first kappa shape index (κ1) is 11.0. The molecule has 0 fully saturated rings. The first-order valence-corrected chi connectivity index (χ1v) is 5.92. The second-order valence-corrected chi connectivity index (χ2v) is 4.52. The number of halogens is 2. The van der Waals surface area contributed by atoms with Gasteiger partial charge in [-0.05, 0) is 30.5 Å². The van der Waals surface area contributed by atoms with Crippen molar-refractivity contribution in [2.45, 2.75) is 18.9 Å². The molecule has 6 heteroatoms. The van der Waals surface area contributed by atoms with Gasteiger partial charge in [0, 0.05) is 10.6 Å². The second-order valence-electron chi connectivity index (χ2n) is 3.38. The Morgan fingerprint density at radius 1 is 1.60 bits per heavy atom. The van der Waals surface area contributed by atoms with Crippen LogP contribution in [0.5, 0.6) is 0 Å². The lowest BCUT2D eigenvalue weighted by atomic mass is 10.1. The van der Waals surface area contributed by atoms with Gasteiger partial charge in [-0.3, -0.25) is 4.55 Å². The lowest BCUT2D eigenvalue weighted by Gasteiger charge is -2.11.